The molecular formula is C23H29N5O8. The zero-order valence-corrected chi connectivity index (χ0v) is 20.2. The number of alkyl carbamates (subject to hydrolysis) is 1. The third-order valence-electron chi connectivity index (χ3n) is 4.38. The van der Waals surface area contributed by atoms with Crippen LogP contribution < -0.4 is 16.2 Å². The van der Waals surface area contributed by atoms with Crippen LogP contribution in [0.4, 0.5) is 15.5 Å². The third kappa shape index (κ3) is 10.2. The number of hydrogen-bond acceptors (Lipinski definition) is 8. The molecule has 1 aromatic carbocycles. The average molecular weight is 504 g/mol. The molecule has 3 amide bonds. The highest BCUT2D eigenvalue weighted by atomic mass is 16.6. The molecule has 0 saturated heterocycles. The molecule has 1 aromatic heterocycles. The molecule has 13 heteroatoms. The summed E-state index contributed by atoms with van der Waals surface area (Å²) in [6.07, 6.45) is -0.894. The number of nitrogens with zero attached hydrogens (tertiary/aromatic N) is 2. The van der Waals surface area contributed by atoms with Crippen LogP contribution >= 0.6 is 0 Å². The topological polar surface area (TPSA) is 180 Å². The number of aromatic nitrogens is 2. The molecule has 36 heavy (non-hydrogen) atoms. The fraction of sp³-hybridized carbons (Fsp3) is 0.391. The summed E-state index contributed by atoms with van der Waals surface area (Å²) < 4.78 is 10.1. The van der Waals surface area contributed by atoms with Crippen LogP contribution in [0.15, 0.2) is 41.3 Å². The van der Waals surface area contributed by atoms with E-state index in [4.69, 9.17) is 14.6 Å². The zero-order valence-electron chi connectivity index (χ0n) is 20.2. The summed E-state index contributed by atoms with van der Waals surface area (Å²) in [4.78, 5) is 67.1. The van der Waals surface area contributed by atoms with E-state index in [0.717, 1.165) is 16.7 Å². The monoisotopic (exact) mass is 503 g/mol. The Labute approximate surface area is 206 Å². The number of aliphatic carboxylic acids is 1. The Morgan fingerprint density at radius 2 is 1.81 bits per heavy atom. The lowest BCUT2D eigenvalue weighted by molar-refractivity contribution is -0.144. The standard InChI is InChI=1S/C23H29N5O8/c1-23(2,3)36-21(33)24-9-10-28(13-18(30)31)17(29)11-16-12-25-20(26-19(16)32)27-22(34)35-14-15-7-5-4-6-8-15/h4-8,12H,9-11,13-14H2,1-3H3,(H,24,33)(H,30,31)(H2,25,26,27,32,34). The van der Waals surface area contributed by atoms with Crippen LogP contribution in [0.5, 0.6) is 0 Å². The maximum atomic E-state index is 12.6. The van der Waals surface area contributed by atoms with E-state index in [0.29, 0.717) is 0 Å². The normalized spacial score (nSPS) is 10.8. The van der Waals surface area contributed by atoms with Crippen molar-refractivity contribution in [2.75, 3.05) is 25.0 Å². The van der Waals surface area contributed by atoms with Crippen LogP contribution in [0.25, 0.3) is 0 Å². The van der Waals surface area contributed by atoms with Crippen LogP contribution in [-0.2, 0) is 32.1 Å². The molecule has 0 spiro atoms. The minimum Gasteiger partial charge on any atom is -0.480 e. The highest BCUT2D eigenvalue weighted by Gasteiger charge is 2.20. The lowest BCUT2D eigenvalue weighted by Gasteiger charge is -2.22. The van der Waals surface area contributed by atoms with Crippen molar-refractivity contribution < 1.29 is 33.8 Å². The Bertz CT molecular complexity index is 1130. The van der Waals surface area contributed by atoms with Gasteiger partial charge in [-0.05, 0) is 26.3 Å². The predicted molar refractivity (Wildman–Crippen MR) is 127 cm³/mol. The summed E-state index contributed by atoms with van der Waals surface area (Å²) in [6.45, 7) is 4.27. The number of anilines is 1. The lowest BCUT2D eigenvalue weighted by Crippen LogP contribution is -2.43. The molecule has 0 aliphatic rings. The van der Waals surface area contributed by atoms with E-state index in [-0.39, 0.29) is 31.2 Å². The first-order chi connectivity index (χ1) is 16.9. The van der Waals surface area contributed by atoms with Gasteiger partial charge in [0.15, 0.2) is 0 Å². The average Bonchev–Trinajstić information content (AvgIpc) is 2.78. The Morgan fingerprint density at radius 1 is 1.11 bits per heavy atom. The van der Waals surface area contributed by atoms with Gasteiger partial charge in [-0.15, -0.1) is 0 Å². The van der Waals surface area contributed by atoms with Gasteiger partial charge in [-0.25, -0.2) is 14.6 Å². The van der Waals surface area contributed by atoms with Crippen molar-refractivity contribution in [2.24, 2.45) is 0 Å². The van der Waals surface area contributed by atoms with Crippen molar-refractivity contribution >= 4 is 30.0 Å². The van der Waals surface area contributed by atoms with Gasteiger partial charge in [0, 0.05) is 24.8 Å². The highest BCUT2D eigenvalue weighted by Crippen LogP contribution is 2.07. The SMILES string of the molecule is CC(C)(C)OC(=O)NCCN(CC(=O)O)C(=O)Cc1cnc(NC(=O)OCc2ccccc2)[nH]c1=O. The fourth-order valence-corrected chi connectivity index (χ4v) is 2.80. The number of H-pyrrole nitrogens is 1. The second-order valence-corrected chi connectivity index (χ2v) is 8.59. The molecule has 0 unspecified atom stereocenters. The number of carbonyl (C=O) groups is 4. The van der Waals surface area contributed by atoms with Crippen LogP contribution in [0.3, 0.4) is 0 Å². The van der Waals surface area contributed by atoms with E-state index in [1.165, 1.54) is 0 Å². The first kappa shape index (κ1) is 27.8. The number of rotatable bonds is 10. The molecule has 0 aliphatic carbocycles. The molecule has 0 atom stereocenters. The van der Waals surface area contributed by atoms with Crippen molar-refractivity contribution in [3.63, 3.8) is 0 Å². The number of benzene rings is 1. The van der Waals surface area contributed by atoms with Crippen molar-refractivity contribution in [3.05, 3.63) is 58.0 Å². The maximum Gasteiger partial charge on any atom is 0.414 e. The molecule has 0 radical (unpaired) electrons. The number of nitrogens with one attached hydrogen (secondary N) is 3. The van der Waals surface area contributed by atoms with Crippen molar-refractivity contribution in [1.29, 1.82) is 0 Å². The zero-order chi connectivity index (χ0) is 26.7. The Hall–Kier alpha value is -4.42. The number of hydrogen-bond donors (Lipinski definition) is 4. The summed E-state index contributed by atoms with van der Waals surface area (Å²) in [5.41, 5.74) is -0.679. The van der Waals surface area contributed by atoms with Gasteiger partial charge in [0.1, 0.15) is 18.8 Å². The number of aromatic amines is 1. The van der Waals surface area contributed by atoms with E-state index in [2.05, 4.69) is 20.6 Å². The number of carboxylic acid groups (broad SMARTS) is 1. The van der Waals surface area contributed by atoms with E-state index in [1.807, 2.05) is 6.07 Å². The maximum absolute atomic E-state index is 12.6. The molecule has 0 fully saturated rings. The third-order valence-corrected chi connectivity index (χ3v) is 4.38. The van der Waals surface area contributed by atoms with E-state index < -0.39 is 48.2 Å². The summed E-state index contributed by atoms with van der Waals surface area (Å²) in [5, 5.41) is 13.8. The molecule has 4 N–H and O–H groups in total. The quantitative estimate of drug-likeness (QED) is 0.374. The molecule has 0 aliphatic heterocycles. The number of amides is 3. The van der Waals surface area contributed by atoms with Crippen molar-refractivity contribution in [3.8, 4) is 0 Å². The largest absolute Gasteiger partial charge is 0.480 e. The lowest BCUT2D eigenvalue weighted by atomic mass is 10.2. The van der Waals surface area contributed by atoms with Gasteiger partial charge in [0.05, 0.1) is 6.42 Å². The fourth-order valence-electron chi connectivity index (χ4n) is 2.80. The Morgan fingerprint density at radius 3 is 2.42 bits per heavy atom. The highest BCUT2D eigenvalue weighted by molar-refractivity contribution is 5.83. The van der Waals surface area contributed by atoms with Crippen LogP contribution in [0, 0.1) is 0 Å². The summed E-state index contributed by atoms with van der Waals surface area (Å²) in [6, 6.07) is 8.98. The van der Waals surface area contributed by atoms with Crippen LogP contribution in [0.1, 0.15) is 31.9 Å². The van der Waals surface area contributed by atoms with Crippen molar-refractivity contribution in [1.82, 2.24) is 20.2 Å². The number of ether oxygens (including phenoxy) is 2. The van der Waals surface area contributed by atoms with E-state index >= 15 is 0 Å². The van der Waals surface area contributed by atoms with Crippen LogP contribution in [0.2, 0.25) is 0 Å². The first-order valence-electron chi connectivity index (χ1n) is 11.0. The minimum atomic E-state index is -1.26. The summed E-state index contributed by atoms with van der Waals surface area (Å²) in [7, 11) is 0. The first-order valence-corrected chi connectivity index (χ1v) is 11.0. The summed E-state index contributed by atoms with van der Waals surface area (Å²) >= 11 is 0. The molecule has 13 nitrogen and oxygen atoms in total. The smallest absolute Gasteiger partial charge is 0.414 e. The van der Waals surface area contributed by atoms with Gasteiger partial charge in [0.25, 0.3) is 5.56 Å². The molecule has 2 rings (SSSR count). The van der Waals surface area contributed by atoms with Gasteiger partial charge < -0.3 is 24.8 Å². The molecule has 2 aromatic rings. The van der Waals surface area contributed by atoms with Gasteiger partial charge in [-0.1, -0.05) is 30.3 Å². The molecule has 0 saturated carbocycles. The van der Waals surface area contributed by atoms with Gasteiger partial charge >= 0.3 is 18.2 Å². The van der Waals surface area contributed by atoms with Gasteiger partial charge in [-0.2, -0.15) is 0 Å². The predicted octanol–water partition coefficient (Wildman–Crippen LogP) is 1.50. The van der Waals surface area contributed by atoms with E-state index in [1.54, 1.807) is 45.0 Å². The number of carbonyl (C=O) groups excluding carboxylic acids is 3. The molecule has 194 valence electrons. The molecule has 1 heterocycles. The van der Waals surface area contributed by atoms with Crippen LogP contribution in [-0.4, -0.2) is 69.3 Å². The second kappa shape index (κ2) is 12.9. The second-order valence-electron chi connectivity index (χ2n) is 8.59. The Balaban J connectivity index is 1.92. The van der Waals surface area contributed by atoms with Gasteiger partial charge in [-0.3, -0.25) is 24.7 Å². The summed E-state index contributed by atoms with van der Waals surface area (Å²) in [5.74, 6) is -2.11. The van der Waals surface area contributed by atoms with E-state index in [9.17, 15) is 24.0 Å². The molecule has 0 bridgehead atoms. The molecular weight excluding hydrogens is 474 g/mol. The van der Waals surface area contributed by atoms with Gasteiger partial charge in [0.2, 0.25) is 11.9 Å². The Kier molecular flexibility index (Phi) is 9.95. The number of carboxylic acids is 1. The van der Waals surface area contributed by atoms with Crippen molar-refractivity contribution in [2.45, 2.75) is 39.4 Å². The minimum absolute atomic E-state index is 0.0195.